The van der Waals surface area contributed by atoms with E-state index in [4.69, 9.17) is 4.74 Å². The van der Waals surface area contributed by atoms with Crippen LogP contribution in [0.2, 0.25) is 0 Å². The van der Waals surface area contributed by atoms with Crippen molar-refractivity contribution < 1.29 is 9.84 Å². The molecule has 5 nitrogen and oxygen atoms in total. The Balaban J connectivity index is 2.41. The number of benzene rings is 1. The molecule has 0 radical (unpaired) electrons. The molecular formula is C11H19N3O2. The fourth-order valence-corrected chi connectivity index (χ4v) is 1.31. The summed E-state index contributed by atoms with van der Waals surface area (Å²) >= 11 is 0. The van der Waals surface area contributed by atoms with Gasteiger partial charge >= 0.3 is 0 Å². The van der Waals surface area contributed by atoms with Crippen LogP contribution in [-0.4, -0.2) is 38.5 Å². The average molecular weight is 225 g/mol. The molecule has 0 spiro atoms. The minimum atomic E-state index is -0.461. The third-order valence-electron chi connectivity index (χ3n) is 2.15. The lowest BCUT2D eigenvalue weighted by atomic mass is 10.2. The van der Waals surface area contributed by atoms with Gasteiger partial charge < -0.3 is 15.2 Å². The number of hydrogen-bond acceptors (Lipinski definition) is 5. The second-order valence-electron chi connectivity index (χ2n) is 3.37. The van der Waals surface area contributed by atoms with Crippen LogP contribution in [0.4, 0.5) is 5.69 Å². The van der Waals surface area contributed by atoms with Crippen molar-refractivity contribution in [3.63, 3.8) is 0 Å². The molecule has 0 saturated carbocycles. The number of rotatable bonds is 7. The quantitative estimate of drug-likeness (QED) is 0.499. The summed E-state index contributed by atoms with van der Waals surface area (Å²) < 4.78 is 5.19. The van der Waals surface area contributed by atoms with Gasteiger partial charge in [-0.05, 0) is 19.2 Å². The summed E-state index contributed by atoms with van der Waals surface area (Å²) in [6, 6.07) is 7.61. The second-order valence-corrected chi connectivity index (χ2v) is 3.37. The van der Waals surface area contributed by atoms with E-state index in [-0.39, 0.29) is 0 Å². The van der Waals surface area contributed by atoms with Crippen LogP contribution >= 0.6 is 0 Å². The summed E-state index contributed by atoms with van der Waals surface area (Å²) in [5, 5.41) is 12.7. The molecule has 90 valence electrons. The molecular weight excluding hydrogens is 206 g/mol. The van der Waals surface area contributed by atoms with Crippen LogP contribution in [0, 0.1) is 0 Å². The largest absolute Gasteiger partial charge is 0.495 e. The maximum Gasteiger partial charge on any atom is 0.141 e. The zero-order valence-electron chi connectivity index (χ0n) is 9.66. The Morgan fingerprint density at radius 2 is 2.06 bits per heavy atom. The highest BCUT2D eigenvalue weighted by Crippen LogP contribution is 2.22. The van der Waals surface area contributed by atoms with Gasteiger partial charge in [0.05, 0.1) is 18.9 Å². The lowest BCUT2D eigenvalue weighted by molar-refractivity contribution is 0.180. The molecule has 0 aliphatic rings. The number of aliphatic hydroxyl groups excluding tert-OH is 1. The van der Waals surface area contributed by atoms with Crippen molar-refractivity contribution in [2.24, 2.45) is 0 Å². The first-order valence-corrected chi connectivity index (χ1v) is 5.22. The highest BCUT2D eigenvalue weighted by Gasteiger charge is 2.05. The Kier molecular flexibility index (Phi) is 5.63. The summed E-state index contributed by atoms with van der Waals surface area (Å²) in [6.07, 6.45) is -0.461. The highest BCUT2D eigenvalue weighted by atomic mass is 16.5. The molecule has 1 atom stereocenters. The smallest absolute Gasteiger partial charge is 0.141 e. The average Bonchev–Trinajstić information content (AvgIpc) is 2.34. The number of hydrazine groups is 1. The summed E-state index contributed by atoms with van der Waals surface area (Å²) in [4.78, 5) is 0. The molecule has 16 heavy (non-hydrogen) atoms. The van der Waals surface area contributed by atoms with Gasteiger partial charge in [0.25, 0.3) is 0 Å². The molecule has 1 aromatic carbocycles. The van der Waals surface area contributed by atoms with Crippen LogP contribution in [0.3, 0.4) is 0 Å². The predicted molar refractivity (Wildman–Crippen MR) is 64.6 cm³/mol. The van der Waals surface area contributed by atoms with Gasteiger partial charge in [-0.25, -0.2) is 0 Å². The van der Waals surface area contributed by atoms with Crippen molar-refractivity contribution in [1.29, 1.82) is 0 Å². The molecule has 5 heteroatoms. The van der Waals surface area contributed by atoms with Gasteiger partial charge in [0.15, 0.2) is 0 Å². The molecule has 0 unspecified atom stereocenters. The van der Waals surface area contributed by atoms with E-state index in [0.29, 0.717) is 13.1 Å². The third-order valence-corrected chi connectivity index (χ3v) is 2.15. The standard InChI is InChI=1S/C11H19N3O2/c1-12-14-8-9(15)7-13-10-5-3-4-6-11(10)16-2/h3-6,9,12-15H,7-8H2,1-2H3/t9-/m1/s1. The summed E-state index contributed by atoms with van der Waals surface area (Å²) in [5.41, 5.74) is 6.48. The van der Waals surface area contributed by atoms with Gasteiger partial charge in [0.1, 0.15) is 5.75 Å². The summed E-state index contributed by atoms with van der Waals surface area (Å²) in [6.45, 7) is 0.952. The van der Waals surface area contributed by atoms with E-state index in [1.165, 1.54) is 0 Å². The number of aliphatic hydroxyl groups is 1. The van der Waals surface area contributed by atoms with Crippen LogP contribution < -0.4 is 20.9 Å². The topological polar surface area (TPSA) is 65.5 Å². The summed E-state index contributed by atoms with van der Waals surface area (Å²) in [7, 11) is 3.39. The number of para-hydroxylation sites is 2. The molecule has 0 fully saturated rings. The molecule has 0 heterocycles. The number of anilines is 1. The molecule has 0 aliphatic heterocycles. The second kappa shape index (κ2) is 7.05. The van der Waals surface area contributed by atoms with Crippen LogP contribution in [0.25, 0.3) is 0 Å². The number of nitrogens with one attached hydrogen (secondary N) is 3. The molecule has 0 saturated heterocycles. The maximum absolute atomic E-state index is 9.60. The van der Waals surface area contributed by atoms with E-state index < -0.39 is 6.10 Å². The van der Waals surface area contributed by atoms with Crippen molar-refractivity contribution in [3.8, 4) is 5.75 Å². The lowest BCUT2D eigenvalue weighted by Crippen LogP contribution is -2.38. The first kappa shape index (κ1) is 12.8. The zero-order chi connectivity index (χ0) is 11.8. The van der Waals surface area contributed by atoms with Crippen molar-refractivity contribution in [3.05, 3.63) is 24.3 Å². The third kappa shape index (κ3) is 4.06. The van der Waals surface area contributed by atoms with E-state index in [0.717, 1.165) is 11.4 Å². The summed E-state index contributed by atoms with van der Waals surface area (Å²) in [5.74, 6) is 0.774. The van der Waals surface area contributed by atoms with E-state index in [2.05, 4.69) is 16.2 Å². The Morgan fingerprint density at radius 3 is 2.75 bits per heavy atom. The van der Waals surface area contributed by atoms with Gasteiger partial charge in [0.2, 0.25) is 0 Å². The van der Waals surface area contributed by atoms with Crippen molar-refractivity contribution >= 4 is 5.69 Å². The highest BCUT2D eigenvalue weighted by molar-refractivity contribution is 5.56. The molecule has 0 aromatic heterocycles. The minimum absolute atomic E-state index is 0.461. The number of hydrogen-bond donors (Lipinski definition) is 4. The first-order chi connectivity index (χ1) is 7.77. The van der Waals surface area contributed by atoms with Crippen molar-refractivity contribution in [2.75, 3.05) is 32.6 Å². The Bertz CT molecular complexity index is 307. The fraction of sp³-hybridized carbons (Fsp3) is 0.455. The first-order valence-electron chi connectivity index (χ1n) is 5.22. The Labute approximate surface area is 95.8 Å². The molecule has 0 amide bonds. The van der Waals surface area contributed by atoms with Gasteiger partial charge in [-0.3, -0.25) is 10.9 Å². The van der Waals surface area contributed by atoms with Crippen LogP contribution in [-0.2, 0) is 0 Å². The molecule has 0 aliphatic carbocycles. The molecule has 0 bridgehead atoms. The van der Waals surface area contributed by atoms with E-state index in [1.54, 1.807) is 14.2 Å². The number of methoxy groups -OCH3 is 1. The van der Waals surface area contributed by atoms with Crippen LogP contribution in [0.15, 0.2) is 24.3 Å². The van der Waals surface area contributed by atoms with Gasteiger partial charge in [0, 0.05) is 13.1 Å². The Morgan fingerprint density at radius 1 is 1.31 bits per heavy atom. The van der Waals surface area contributed by atoms with Gasteiger partial charge in [-0.2, -0.15) is 0 Å². The number of ether oxygens (including phenoxy) is 1. The molecule has 4 N–H and O–H groups in total. The van der Waals surface area contributed by atoms with Crippen LogP contribution in [0.5, 0.6) is 5.75 Å². The maximum atomic E-state index is 9.60. The van der Waals surface area contributed by atoms with Crippen molar-refractivity contribution in [2.45, 2.75) is 6.10 Å². The normalized spacial score (nSPS) is 12.2. The zero-order valence-corrected chi connectivity index (χ0v) is 9.66. The molecule has 1 aromatic rings. The van der Waals surface area contributed by atoms with E-state index in [9.17, 15) is 5.11 Å². The minimum Gasteiger partial charge on any atom is -0.495 e. The van der Waals surface area contributed by atoms with Gasteiger partial charge in [-0.15, -0.1) is 0 Å². The van der Waals surface area contributed by atoms with E-state index in [1.807, 2.05) is 24.3 Å². The monoisotopic (exact) mass is 225 g/mol. The van der Waals surface area contributed by atoms with Crippen LogP contribution in [0.1, 0.15) is 0 Å². The van der Waals surface area contributed by atoms with Gasteiger partial charge in [-0.1, -0.05) is 12.1 Å². The SMILES string of the molecule is CNNC[C@H](O)CNc1ccccc1OC. The molecule has 1 rings (SSSR count). The fourth-order valence-electron chi connectivity index (χ4n) is 1.31. The predicted octanol–water partition coefficient (Wildman–Crippen LogP) is 0.192. The Hall–Kier alpha value is -1.30. The van der Waals surface area contributed by atoms with E-state index >= 15 is 0 Å². The lowest BCUT2D eigenvalue weighted by Gasteiger charge is -2.15. The van der Waals surface area contributed by atoms with Crippen molar-refractivity contribution in [1.82, 2.24) is 10.9 Å².